The normalized spacial score (nSPS) is 9.83. The van der Waals surface area contributed by atoms with Crippen LogP contribution < -0.4 is 0 Å². The molecular formula is C8H10O4. The van der Waals surface area contributed by atoms with Crippen LogP contribution in [-0.4, -0.2) is 18.2 Å². The first kappa shape index (κ1) is 8.64. The number of hydrogen-bond acceptors (Lipinski definition) is 4. The molecule has 66 valence electrons. The molecule has 1 aromatic heterocycles. The summed E-state index contributed by atoms with van der Waals surface area (Å²) in [6.45, 7) is 1.62. The van der Waals surface area contributed by atoms with Crippen LogP contribution in [0.2, 0.25) is 0 Å². The molecule has 0 radical (unpaired) electrons. The molecule has 4 heteroatoms. The minimum absolute atomic E-state index is 0.0535. The summed E-state index contributed by atoms with van der Waals surface area (Å²) in [7, 11) is 1.30. The molecule has 0 bridgehead atoms. The molecule has 1 N–H and O–H groups in total. The quantitative estimate of drug-likeness (QED) is 0.673. The van der Waals surface area contributed by atoms with Crippen molar-refractivity contribution in [2.24, 2.45) is 0 Å². The van der Waals surface area contributed by atoms with Crippen molar-refractivity contribution >= 4 is 5.97 Å². The molecule has 0 fully saturated rings. The fourth-order valence-electron chi connectivity index (χ4n) is 0.834. The van der Waals surface area contributed by atoms with E-state index in [0.29, 0.717) is 11.5 Å². The van der Waals surface area contributed by atoms with E-state index >= 15 is 0 Å². The highest BCUT2D eigenvalue weighted by Crippen LogP contribution is 2.20. The first-order valence-electron chi connectivity index (χ1n) is 3.48. The minimum Gasteiger partial charge on any atom is -0.504 e. The molecule has 1 aromatic rings. The minimum atomic E-state index is -0.385. The van der Waals surface area contributed by atoms with Gasteiger partial charge in [-0.3, -0.25) is 4.79 Å². The van der Waals surface area contributed by atoms with Crippen LogP contribution in [0.25, 0.3) is 0 Å². The summed E-state index contributed by atoms with van der Waals surface area (Å²) in [6.07, 6.45) is 0.0535. The van der Waals surface area contributed by atoms with Crippen LogP contribution in [0.15, 0.2) is 10.5 Å². The Hall–Kier alpha value is -1.45. The summed E-state index contributed by atoms with van der Waals surface area (Å²) in [5.41, 5.74) is 0. The Kier molecular flexibility index (Phi) is 2.38. The molecule has 0 aliphatic heterocycles. The number of hydrogen-bond donors (Lipinski definition) is 1. The van der Waals surface area contributed by atoms with Gasteiger partial charge < -0.3 is 14.3 Å². The topological polar surface area (TPSA) is 59.7 Å². The summed E-state index contributed by atoms with van der Waals surface area (Å²) < 4.78 is 9.46. The van der Waals surface area contributed by atoms with Crippen molar-refractivity contribution in [1.82, 2.24) is 0 Å². The highest BCUT2D eigenvalue weighted by molar-refractivity contribution is 5.71. The van der Waals surface area contributed by atoms with Gasteiger partial charge in [0.05, 0.1) is 7.11 Å². The smallest absolute Gasteiger partial charge is 0.313 e. The Labute approximate surface area is 69.8 Å². The lowest BCUT2D eigenvalue weighted by Crippen LogP contribution is -2.03. The maximum absolute atomic E-state index is 10.7. The van der Waals surface area contributed by atoms with Crippen LogP contribution in [0.4, 0.5) is 0 Å². The molecule has 4 nitrogen and oxygen atoms in total. The van der Waals surface area contributed by atoms with Crippen LogP contribution in [0, 0.1) is 6.92 Å². The van der Waals surface area contributed by atoms with E-state index in [2.05, 4.69) is 4.74 Å². The lowest BCUT2D eigenvalue weighted by molar-refractivity contribution is -0.140. The van der Waals surface area contributed by atoms with E-state index in [0.717, 1.165) is 0 Å². The van der Waals surface area contributed by atoms with Crippen molar-refractivity contribution in [1.29, 1.82) is 0 Å². The number of carbonyl (C=O) groups is 1. The highest BCUT2D eigenvalue weighted by atomic mass is 16.5. The van der Waals surface area contributed by atoms with Crippen molar-refractivity contribution in [3.63, 3.8) is 0 Å². The van der Waals surface area contributed by atoms with Gasteiger partial charge in [-0.15, -0.1) is 0 Å². The lowest BCUT2D eigenvalue weighted by atomic mass is 10.3. The molecule has 12 heavy (non-hydrogen) atoms. The van der Waals surface area contributed by atoms with Crippen LogP contribution >= 0.6 is 0 Å². The van der Waals surface area contributed by atoms with Crippen molar-refractivity contribution in [2.45, 2.75) is 13.3 Å². The van der Waals surface area contributed by atoms with Gasteiger partial charge in [0.1, 0.15) is 17.9 Å². The average Bonchev–Trinajstić information content (AvgIpc) is 2.31. The molecule has 0 atom stereocenters. The number of rotatable bonds is 2. The molecule has 1 rings (SSSR count). The fourth-order valence-corrected chi connectivity index (χ4v) is 0.834. The molecule has 0 amide bonds. The fraction of sp³-hybridized carbons (Fsp3) is 0.375. The second-order valence-corrected chi connectivity index (χ2v) is 2.41. The second kappa shape index (κ2) is 3.30. The van der Waals surface area contributed by atoms with E-state index in [1.165, 1.54) is 13.2 Å². The Morgan fingerprint density at radius 3 is 2.83 bits per heavy atom. The number of carbonyl (C=O) groups excluding carboxylic acids is 1. The van der Waals surface area contributed by atoms with Crippen LogP contribution in [-0.2, 0) is 16.0 Å². The predicted octanol–water partition coefficient (Wildman–Crippen LogP) is 1.01. The summed E-state index contributed by atoms with van der Waals surface area (Å²) in [5.74, 6) is 0.503. The molecule has 1 heterocycles. The number of furan rings is 1. The van der Waals surface area contributed by atoms with Gasteiger partial charge in [0.2, 0.25) is 0 Å². The van der Waals surface area contributed by atoms with Gasteiger partial charge in [-0.2, -0.15) is 0 Å². The third kappa shape index (κ3) is 1.78. The van der Waals surface area contributed by atoms with Gasteiger partial charge in [0.15, 0.2) is 5.75 Å². The van der Waals surface area contributed by atoms with Crippen molar-refractivity contribution in [2.75, 3.05) is 7.11 Å². The Morgan fingerprint density at radius 2 is 2.42 bits per heavy atom. The summed E-state index contributed by atoms with van der Waals surface area (Å²) in [4.78, 5) is 10.7. The highest BCUT2D eigenvalue weighted by Gasteiger charge is 2.09. The number of aryl methyl sites for hydroxylation is 1. The van der Waals surface area contributed by atoms with Crippen molar-refractivity contribution in [3.8, 4) is 5.75 Å². The second-order valence-electron chi connectivity index (χ2n) is 2.41. The standard InChI is InChI=1S/C8H10O4/c1-5-7(9)3-6(12-5)4-8(10)11-2/h3,9H,4H2,1-2H3. The van der Waals surface area contributed by atoms with E-state index in [1.54, 1.807) is 6.92 Å². The zero-order chi connectivity index (χ0) is 9.14. The molecule has 0 saturated heterocycles. The van der Waals surface area contributed by atoms with E-state index in [4.69, 9.17) is 9.52 Å². The maximum atomic E-state index is 10.7. The summed E-state index contributed by atoms with van der Waals surface area (Å²) in [6, 6.07) is 1.41. The Morgan fingerprint density at radius 1 is 1.75 bits per heavy atom. The van der Waals surface area contributed by atoms with Crippen molar-refractivity contribution < 1.29 is 19.1 Å². The van der Waals surface area contributed by atoms with Gasteiger partial charge in [0, 0.05) is 6.07 Å². The summed E-state index contributed by atoms with van der Waals surface area (Å²) >= 11 is 0. The van der Waals surface area contributed by atoms with E-state index in [-0.39, 0.29) is 18.1 Å². The molecular weight excluding hydrogens is 160 g/mol. The third-order valence-electron chi connectivity index (χ3n) is 1.49. The Bertz CT molecular complexity index is 268. The molecule has 0 aromatic carbocycles. The van der Waals surface area contributed by atoms with Gasteiger partial charge in [-0.05, 0) is 6.92 Å². The predicted molar refractivity (Wildman–Crippen MR) is 40.8 cm³/mol. The SMILES string of the molecule is COC(=O)Cc1cc(O)c(C)o1. The van der Waals surface area contributed by atoms with Gasteiger partial charge in [0.25, 0.3) is 0 Å². The largest absolute Gasteiger partial charge is 0.504 e. The first-order valence-corrected chi connectivity index (χ1v) is 3.48. The molecule has 0 aliphatic carbocycles. The number of esters is 1. The lowest BCUT2D eigenvalue weighted by Gasteiger charge is -1.93. The molecule has 0 saturated carbocycles. The van der Waals surface area contributed by atoms with Crippen molar-refractivity contribution in [3.05, 3.63) is 17.6 Å². The Balaban J connectivity index is 2.70. The van der Waals surface area contributed by atoms with Crippen LogP contribution in [0.1, 0.15) is 11.5 Å². The third-order valence-corrected chi connectivity index (χ3v) is 1.49. The van der Waals surface area contributed by atoms with Gasteiger partial charge in [-0.1, -0.05) is 0 Å². The van der Waals surface area contributed by atoms with E-state index in [1.807, 2.05) is 0 Å². The number of ether oxygens (including phenoxy) is 1. The van der Waals surface area contributed by atoms with E-state index < -0.39 is 0 Å². The molecule has 0 spiro atoms. The first-order chi connectivity index (χ1) is 5.63. The van der Waals surface area contributed by atoms with Crippen LogP contribution in [0.5, 0.6) is 5.75 Å². The summed E-state index contributed by atoms with van der Waals surface area (Å²) in [5, 5.41) is 9.08. The number of aromatic hydroxyl groups is 1. The van der Waals surface area contributed by atoms with Crippen LogP contribution in [0.3, 0.4) is 0 Å². The monoisotopic (exact) mass is 170 g/mol. The van der Waals surface area contributed by atoms with Gasteiger partial charge in [-0.25, -0.2) is 0 Å². The number of methoxy groups -OCH3 is 1. The van der Waals surface area contributed by atoms with Gasteiger partial charge >= 0.3 is 5.97 Å². The zero-order valence-electron chi connectivity index (χ0n) is 6.96. The van der Waals surface area contributed by atoms with E-state index in [9.17, 15) is 4.79 Å². The molecule has 0 unspecified atom stereocenters. The molecule has 0 aliphatic rings. The zero-order valence-corrected chi connectivity index (χ0v) is 6.96. The maximum Gasteiger partial charge on any atom is 0.313 e. The average molecular weight is 170 g/mol.